The van der Waals surface area contributed by atoms with Gasteiger partial charge in [-0.1, -0.05) is 12.1 Å². The zero-order valence-electron chi connectivity index (χ0n) is 7.83. The molecule has 0 saturated carbocycles. The van der Waals surface area contributed by atoms with Gasteiger partial charge >= 0.3 is 0 Å². The van der Waals surface area contributed by atoms with Crippen LogP contribution >= 0.6 is 0 Å². The van der Waals surface area contributed by atoms with E-state index in [9.17, 15) is 4.39 Å². The molecule has 0 amide bonds. The molecule has 14 heavy (non-hydrogen) atoms. The van der Waals surface area contributed by atoms with Gasteiger partial charge in [0, 0.05) is 17.1 Å². The van der Waals surface area contributed by atoms with E-state index in [1.165, 1.54) is 0 Å². The first-order valence-corrected chi connectivity index (χ1v) is 4.73. The van der Waals surface area contributed by atoms with Crippen LogP contribution in [0.3, 0.4) is 0 Å². The Morgan fingerprint density at radius 1 is 1.36 bits per heavy atom. The fraction of sp³-hybridized carbons (Fsp3) is 0.273. The summed E-state index contributed by atoms with van der Waals surface area (Å²) >= 11 is 0. The molecule has 0 bridgehead atoms. The molecule has 2 nitrogen and oxygen atoms in total. The van der Waals surface area contributed by atoms with Crippen LogP contribution in [-0.2, 0) is 0 Å². The van der Waals surface area contributed by atoms with Crippen molar-refractivity contribution in [2.24, 2.45) is 5.73 Å². The highest BCUT2D eigenvalue weighted by Crippen LogP contribution is 2.27. The minimum Gasteiger partial charge on any atom is -0.361 e. The molecule has 1 atom stereocenters. The average molecular weight is 192 g/mol. The molecule has 3 heteroatoms. The number of nitrogens with one attached hydrogen (secondary N) is 1. The minimum absolute atomic E-state index is 0.377. The van der Waals surface area contributed by atoms with E-state index in [1.54, 1.807) is 0 Å². The molecule has 1 heterocycles. The normalized spacial score (nSPS) is 13.3. The Bertz CT molecular complexity index is 422. The van der Waals surface area contributed by atoms with Gasteiger partial charge in [0.25, 0.3) is 0 Å². The monoisotopic (exact) mass is 192 g/mol. The lowest BCUT2D eigenvalue weighted by atomic mass is 10.0. The highest BCUT2D eigenvalue weighted by Gasteiger charge is 2.11. The Labute approximate surface area is 81.9 Å². The fourth-order valence-electron chi connectivity index (χ4n) is 1.68. The highest BCUT2D eigenvalue weighted by atomic mass is 19.1. The lowest BCUT2D eigenvalue weighted by molar-refractivity contribution is 0.330. The predicted octanol–water partition coefficient (Wildman–Crippen LogP) is 2.53. The number of hydrogen-bond acceptors (Lipinski definition) is 1. The Balaban J connectivity index is 2.45. The van der Waals surface area contributed by atoms with Crippen LogP contribution < -0.4 is 5.73 Å². The summed E-state index contributed by atoms with van der Waals surface area (Å²) < 4.78 is 13.6. The first kappa shape index (κ1) is 9.21. The number of aromatic amines is 1. The van der Waals surface area contributed by atoms with E-state index in [4.69, 9.17) is 5.73 Å². The van der Waals surface area contributed by atoms with Crippen molar-refractivity contribution in [2.45, 2.75) is 12.6 Å². The lowest BCUT2D eigenvalue weighted by Gasteiger charge is -2.07. The molecule has 2 aromatic rings. The summed E-state index contributed by atoms with van der Waals surface area (Å²) in [4.78, 5) is 3.06. The second-order valence-electron chi connectivity index (χ2n) is 3.33. The van der Waals surface area contributed by atoms with Crippen molar-refractivity contribution < 1.29 is 4.39 Å². The summed E-state index contributed by atoms with van der Waals surface area (Å²) in [7, 11) is 0. The van der Waals surface area contributed by atoms with Gasteiger partial charge in [-0.3, -0.25) is 0 Å². The van der Waals surface area contributed by atoms with Crippen molar-refractivity contribution in [1.29, 1.82) is 0 Å². The largest absolute Gasteiger partial charge is 0.361 e. The van der Waals surface area contributed by atoms with Gasteiger partial charge in [0.05, 0.1) is 0 Å². The third kappa shape index (κ3) is 1.51. The van der Waals surface area contributed by atoms with Crippen LogP contribution in [0.4, 0.5) is 4.39 Å². The molecular formula is C11H13FN2. The van der Waals surface area contributed by atoms with E-state index in [0.717, 1.165) is 16.5 Å². The van der Waals surface area contributed by atoms with Crippen LogP contribution in [0.1, 0.15) is 18.2 Å². The Hall–Kier alpha value is -1.35. The maximum Gasteiger partial charge on any atom is 0.127 e. The summed E-state index contributed by atoms with van der Waals surface area (Å²) in [6.07, 6.45) is 1.24. The van der Waals surface area contributed by atoms with E-state index in [1.807, 2.05) is 30.5 Å². The molecular weight excluding hydrogens is 179 g/mol. The summed E-state index contributed by atoms with van der Waals surface area (Å²) in [5.74, 6) is 0. The topological polar surface area (TPSA) is 41.8 Å². The van der Waals surface area contributed by atoms with Gasteiger partial charge in [0.1, 0.15) is 6.17 Å². The molecule has 1 unspecified atom stereocenters. The van der Waals surface area contributed by atoms with E-state index in [-0.39, 0.29) is 0 Å². The first-order chi connectivity index (χ1) is 6.83. The van der Waals surface area contributed by atoms with Crippen molar-refractivity contribution in [2.75, 3.05) is 6.54 Å². The zero-order valence-corrected chi connectivity index (χ0v) is 7.83. The van der Waals surface area contributed by atoms with Crippen LogP contribution in [0.15, 0.2) is 30.5 Å². The van der Waals surface area contributed by atoms with Gasteiger partial charge < -0.3 is 10.7 Å². The number of H-pyrrole nitrogens is 1. The molecule has 0 radical (unpaired) electrons. The van der Waals surface area contributed by atoms with Crippen LogP contribution in [-0.4, -0.2) is 11.5 Å². The third-order valence-corrected chi connectivity index (χ3v) is 2.39. The molecule has 0 saturated heterocycles. The number of aromatic nitrogens is 1. The van der Waals surface area contributed by atoms with Gasteiger partial charge in [-0.05, 0) is 30.7 Å². The smallest absolute Gasteiger partial charge is 0.127 e. The minimum atomic E-state index is -0.959. The molecule has 0 aliphatic carbocycles. The molecule has 0 fully saturated rings. The Morgan fingerprint density at radius 2 is 2.21 bits per heavy atom. The summed E-state index contributed by atoms with van der Waals surface area (Å²) in [6.45, 7) is 0.377. The Morgan fingerprint density at radius 3 is 3.00 bits per heavy atom. The Kier molecular flexibility index (Phi) is 2.50. The van der Waals surface area contributed by atoms with Crippen molar-refractivity contribution in [1.82, 2.24) is 4.98 Å². The molecule has 74 valence electrons. The molecule has 3 N–H and O–H groups in total. The van der Waals surface area contributed by atoms with Crippen molar-refractivity contribution in [3.8, 4) is 0 Å². The molecule has 1 aromatic heterocycles. The SMILES string of the molecule is NCCC(F)c1cccc2[nH]ccc12. The van der Waals surface area contributed by atoms with Crippen LogP contribution in [0.2, 0.25) is 0 Å². The van der Waals surface area contributed by atoms with E-state index < -0.39 is 6.17 Å². The van der Waals surface area contributed by atoms with Crippen molar-refractivity contribution in [3.63, 3.8) is 0 Å². The van der Waals surface area contributed by atoms with Gasteiger partial charge in [0.15, 0.2) is 0 Å². The van der Waals surface area contributed by atoms with Crippen LogP contribution in [0, 0.1) is 0 Å². The number of fused-ring (bicyclic) bond motifs is 1. The van der Waals surface area contributed by atoms with E-state index >= 15 is 0 Å². The van der Waals surface area contributed by atoms with Crippen LogP contribution in [0.25, 0.3) is 10.9 Å². The predicted molar refractivity (Wildman–Crippen MR) is 55.8 cm³/mol. The maximum absolute atomic E-state index is 13.6. The average Bonchev–Trinajstić information content (AvgIpc) is 2.65. The molecule has 1 aromatic carbocycles. The van der Waals surface area contributed by atoms with Gasteiger partial charge in [-0.25, -0.2) is 4.39 Å². The van der Waals surface area contributed by atoms with Crippen LogP contribution in [0.5, 0.6) is 0 Å². The van der Waals surface area contributed by atoms with E-state index in [2.05, 4.69) is 4.98 Å². The molecule has 2 rings (SSSR count). The molecule has 0 spiro atoms. The zero-order chi connectivity index (χ0) is 9.97. The fourth-order valence-corrected chi connectivity index (χ4v) is 1.68. The van der Waals surface area contributed by atoms with Gasteiger partial charge in [-0.15, -0.1) is 0 Å². The molecule has 0 aliphatic rings. The summed E-state index contributed by atoms with van der Waals surface area (Å²) in [5, 5.41) is 0.952. The quantitative estimate of drug-likeness (QED) is 0.770. The number of nitrogens with two attached hydrogens (primary N) is 1. The molecule has 0 aliphatic heterocycles. The van der Waals surface area contributed by atoms with Gasteiger partial charge in [0.2, 0.25) is 0 Å². The number of alkyl halides is 1. The number of benzene rings is 1. The third-order valence-electron chi connectivity index (χ3n) is 2.39. The number of hydrogen-bond donors (Lipinski definition) is 2. The highest BCUT2D eigenvalue weighted by molar-refractivity contribution is 5.83. The lowest BCUT2D eigenvalue weighted by Crippen LogP contribution is -2.03. The van der Waals surface area contributed by atoms with Crippen molar-refractivity contribution in [3.05, 3.63) is 36.0 Å². The number of halogens is 1. The maximum atomic E-state index is 13.6. The first-order valence-electron chi connectivity index (χ1n) is 4.73. The second kappa shape index (κ2) is 3.80. The van der Waals surface area contributed by atoms with Crippen molar-refractivity contribution >= 4 is 10.9 Å². The summed E-state index contributed by atoms with van der Waals surface area (Å²) in [5.41, 5.74) is 7.04. The number of rotatable bonds is 3. The van der Waals surface area contributed by atoms with Gasteiger partial charge in [-0.2, -0.15) is 0 Å². The standard InChI is InChI=1S/C11H13FN2/c12-10(4-6-13)8-2-1-3-11-9(8)5-7-14-11/h1-3,5,7,10,14H,4,6,13H2. The van der Waals surface area contributed by atoms with E-state index in [0.29, 0.717) is 13.0 Å². The second-order valence-corrected chi connectivity index (χ2v) is 3.33. The summed E-state index contributed by atoms with van der Waals surface area (Å²) in [6, 6.07) is 7.51.